The molecule has 146 valence electrons. The van der Waals surface area contributed by atoms with Crippen molar-refractivity contribution in [2.75, 3.05) is 43.1 Å². The van der Waals surface area contributed by atoms with Crippen LogP contribution >= 0.6 is 0 Å². The number of ether oxygens (including phenoxy) is 1. The summed E-state index contributed by atoms with van der Waals surface area (Å²) >= 11 is 0. The van der Waals surface area contributed by atoms with Crippen molar-refractivity contribution in [3.63, 3.8) is 0 Å². The van der Waals surface area contributed by atoms with E-state index in [9.17, 15) is 4.79 Å². The van der Waals surface area contributed by atoms with E-state index in [-0.39, 0.29) is 5.56 Å². The molecule has 0 aliphatic carbocycles. The fraction of sp³-hybridized carbons (Fsp3) is 0.333. The lowest BCUT2D eigenvalue weighted by Crippen LogP contribution is -2.36. The lowest BCUT2D eigenvalue weighted by molar-refractivity contribution is 0.122. The molecule has 1 aliphatic heterocycles. The maximum atomic E-state index is 12.5. The zero-order valence-electron chi connectivity index (χ0n) is 15.8. The maximum Gasteiger partial charge on any atom is 0.259 e. The van der Waals surface area contributed by atoms with E-state index < -0.39 is 0 Å². The van der Waals surface area contributed by atoms with Crippen LogP contribution in [-0.4, -0.2) is 42.8 Å². The van der Waals surface area contributed by atoms with Gasteiger partial charge in [0.25, 0.3) is 5.56 Å². The van der Waals surface area contributed by atoms with Crippen LogP contribution in [0.25, 0.3) is 10.8 Å². The van der Waals surface area contributed by atoms with Crippen molar-refractivity contribution in [3.8, 4) is 0 Å². The number of H-pyrrole nitrogens is 1. The molecule has 1 aliphatic rings. The first-order valence-corrected chi connectivity index (χ1v) is 9.66. The molecule has 1 saturated heterocycles. The second-order valence-corrected chi connectivity index (χ2v) is 6.90. The molecule has 0 atom stereocenters. The predicted molar refractivity (Wildman–Crippen MR) is 112 cm³/mol. The Hall–Kier alpha value is -2.90. The van der Waals surface area contributed by atoms with E-state index in [4.69, 9.17) is 15.5 Å². The summed E-state index contributed by atoms with van der Waals surface area (Å²) in [6.45, 7) is 3.84. The van der Waals surface area contributed by atoms with E-state index in [1.54, 1.807) is 6.20 Å². The van der Waals surface area contributed by atoms with Crippen LogP contribution in [0.5, 0.6) is 0 Å². The van der Waals surface area contributed by atoms with Gasteiger partial charge in [-0.05, 0) is 55.1 Å². The Morgan fingerprint density at radius 3 is 2.89 bits per heavy atom. The number of hydrogen-bond acceptors (Lipinski definition) is 6. The average Bonchev–Trinajstić information content (AvgIpc) is 2.73. The Morgan fingerprint density at radius 1 is 1.21 bits per heavy atom. The smallest absolute Gasteiger partial charge is 0.259 e. The van der Waals surface area contributed by atoms with Crippen molar-refractivity contribution in [1.29, 1.82) is 0 Å². The number of morpholine rings is 1. The third kappa shape index (κ3) is 4.00. The number of aromatic amines is 1. The van der Waals surface area contributed by atoms with E-state index in [2.05, 4.69) is 27.3 Å². The molecule has 7 nitrogen and oxygen atoms in total. The summed E-state index contributed by atoms with van der Waals surface area (Å²) < 4.78 is 5.44. The highest BCUT2D eigenvalue weighted by Gasteiger charge is 2.13. The van der Waals surface area contributed by atoms with Crippen molar-refractivity contribution in [3.05, 3.63) is 58.6 Å². The molecule has 7 heteroatoms. The Labute approximate surface area is 163 Å². The largest absolute Gasteiger partial charge is 0.378 e. The van der Waals surface area contributed by atoms with Crippen LogP contribution in [0.2, 0.25) is 0 Å². The summed E-state index contributed by atoms with van der Waals surface area (Å²) in [7, 11) is 0. The zero-order chi connectivity index (χ0) is 19.3. The first-order valence-electron chi connectivity index (χ1n) is 9.66. The fourth-order valence-electron chi connectivity index (χ4n) is 3.51. The number of aryl methyl sites for hydroxylation is 1. The molecule has 0 radical (unpaired) electrons. The van der Waals surface area contributed by atoms with E-state index in [1.807, 2.05) is 24.3 Å². The molecule has 0 spiro atoms. The monoisotopic (exact) mass is 379 g/mol. The Bertz CT molecular complexity index is 1010. The van der Waals surface area contributed by atoms with Gasteiger partial charge in [-0.25, -0.2) is 4.98 Å². The molecule has 0 unspecified atom stereocenters. The standard InChI is InChI=1S/C21H25N5O2/c22-7-2-4-16-13-15-6-8-23-21(27)19(15)20(24-16)25-17-3-1-5-18(14-17)26-9-11-28-12-10-26/h1,3,5-6,8,13-14H,2,4,7,9-12,22H2,(H,23,27)(H,24,25). The lowest BCUT2D eigenvalue weighted by atomic mass is 10.1. The number of fused-ring (bicyclic) bond motifs is 1. The van der Waals surface area contributed by atoms with Crippen LogP contribution < -0.4 is 21.5 Å². The summed E-state index contributed by atoms with van der Waals surface area (Å²) in [5.41, 5.74) is 8.46. The first-order chi connectivity index (χ1) is 13.7. The SMILES string of the molecule is NCCCc1cc2cc[nH]c(=O)c2c(Nc2cccc(N3CCOCC3)c2)n1. The molecule has 28 heavy (non-hydrogen) atoms. The molecule has 3 heterocycles. The van der Waals surface area contributed by atoms with Gasteiger partial charge in [-0.2, -0.15) is 0 Å². The lowest BCUT2D eigenvalue weighted by Gasteiger charge is -2.29. The van der Waals surface area contributed by atoms with E-state index in [0.717, 1.165) is 61.6 Å². The molecule has 3 aromatic rings. The van der Waals surface area contributed by atoms with Crippen molar-refractivity contribution in [2.24, 2.45) is 5.73 Å². The predicted octanol–water partition coefficient (Wildman–Crippen LogP) is 2.39. The summed E-state index contributed by atoms with van der Waals surface area (Å²) in [6, 6.07) is 12.0. The number of aromatic nitrogens is 2. The van der Waals surface area contributed by atoms with Crippen LogP contribution in [0.15, 0.2) is 47.4 Å². The van der Waals surface area contributed by atoms with Crippen molar-refractivity contribution in [2.45, 2.75) is 12.8 Å². The van der Waals surface area contributed by atoms with E-state index in [0.29, 0.717) is 17.7 Å². The molecule has 1 fully saturated rings. The molecular formula is C21H25N5O2. The van der Waals surface area contributed by atoms with Crippen molar-refractivity contribution < 1.29 is 4.74 Å². The third-order valence-electron chi connectivity index (χ3n) is 4.93. The summed E-state index contributed by atoms with van der Waals surface area (Å²) in [5, 5.41) is 4.80. The Morgan fingerprint density at radius 2 is 2.07 bits per heavy atom. The number of nitrogens with zero attached hydrogens (tertiary/aromatic N) is 2. The average molecular weight is 379 g/mol. The van der Waals surface area contributed by atoms with Crippen LogP contribution in [-0.2, 0) is 11.2 Å². The van der Waals surface area contributed by atoms with Crippen LogP contribution in [0.4, 0.5) is 17.2 Å². The first kappa shape index (κ1) is 18.5. The minimum absolute atomic E-state index is 0.151. The van der Waals surface area contributed by atoms with Crippen molar-refractivity contribution in [1.82, 2.24) is 9.97 Å². The van der Waals surface area contributed by atoms with Gasteiger partial charge >= 0.3 is 0 Å². The molecule has 1 aromatic carbocycles. The summed E-state index contributed by atoms with van der Waals surface area (Å²) in [4.78, 5) is 22.2. The number of nitrogens with two attached hydrogens (primary N) is 1. The molecule has 0 amide bonds. The van der Waals surface area contributed by atoms with Crippen molar-refractivity contribution >= 4 is 28.0 Å². The van der Waals surface area contributed by atoms with Gasteiger partial charge in [0.1, 0.15) is 5.82 Å². The second-order valence-electron chi connectivity index (χ2n) is 6.90. The maximum absolute atomic E-state index is 12.5. The molecule has 0 saturated carbocycles. The molecule has 2 aromatic heterocycles. The van der Waals surface area contributed by atoms with E-state index in [1.165, 1.54) is 0 Å². The van der Waals surface area contributed by atoms with Gasteiger partial charge < -0.3 is 25.7 Å². The number of anilines is 3. The summed E-state index contributed by atoms with van der Waals surface area (Å²) in [6.07, 6.45) is 3.30. The Balaban J connectivity index is 1.69. The van der Waals surface area contributed by atoms with Gasteiger partial charge in [0.05, 0.1) is 18.6 Å². The number of benzene rings is 1. The van der Waals surface area contributed by atoms with Gasteiger partial charge in [0.2, 0.25) is 0 Å². The highest BCUT2D eigenvalue weighted by atomic mass is 16.5. The highest BCUT2D eigenvalue weighted by Crippen LogP contribution is 2.26. The zero-order valence-corrected chi connectivity index (χ0v) is 15.8. The van der Waals surface area contributed by atoms with Crippen LogP contribution in [0.3, 0.4) is 0 Å². The second kappa shape index (κ2) is 8.41. The third-order valence-corrected chi connectivity index (χ3v) is 4.93. The number of rotatable bonds is 6. The quantitative estimate of drug-likeness (QED) is 0.609. The van der Waals surface area contributed by atoms with E-state index >= 15 is 0 Å². The van der Waals surface area contributed by atoms with Gasteiger partial charge in [-0.15, -0.1) is 0 Å². The number of hydrogen-bond donors (Lipinski definition) is 3. The van der Waals surface area contributed by atoms with Crippen LogP contribution in [0, 0.1) is 0 Å². The molecule has 4 N–H and O–H groups in total. The molecule has 4 rings (SSSR count). The van der Waals surface area contributed by atoms with Gasteiger partial charge in [-0.1, -0.05) is 6.07 Å². The number of nitrogens with one attached hydrogen (secondary N) is 2. The minimum Gasteiger partial charge on any atom is -0.378 e. The van der Waals surface area contributed by atoms with Gasteiger partial charge in [0.15, 0.2) is 0 Å². The van der Waals surface area contributed by atoms with Crippen LogP contribution in [0.1, 0.15) is 12.1 Å². The highest BCUT2D eigenvalue weighted by molar-refractivity contribution is 5.93. The topological polar surface area (TPSA) is 96.3 Å². The number of pyridine rings is 2. The van der Waals surface area contributed by atoms with Gasteiger partial charge in [-0.3, -0.25) is 4.79 Å². The van der Waals surface area contributed by atoms with Gasteiger partial charge in [0, 0.05) is 36.4 Å². The Kier molecular flexibility index (Phi) is 5.55. The minimum atomic E-state index is -0.151. The molecule has 0 bridgehead atoms. The summed E-state index contributed by atoms with van der Waals surface area (Å²) in [5.74, 6) is 0.575. The molecular weight excluding hydrogens is 354 g/mol. The normalized spacial score (nSPS) is 14.4. The fourth-order valence-corrected chi connectivity index (χ4v) is 3.51.